The Kier molecular flexibility index (Phi) is 5.86. The molecule has 0 fully saturated rings. The van der Waals surface area contributed by atoms with Gasteiger partial charge in [0.15, 0.2) is 11.5 Å². The second kappa shape index (κ2) is 8.89. The maximum absolute atomic E-state index is 12.6. The second-order valence-corrected chi connectivity index (χ2v) is 7.05. The Hall–Kier alpha value is -3.84. The first-order valence-corrected chi connectivity index (χ1v) is 9.77. The van der Waals surface area contributed by atoms with Crippen molar-refractivity contribution >= 4 is 28.7 Å². The first-order chi connectivity index (χ1) is 15.1. The Labute approximate surface area is 182 Å². The lowest BCUT2D eigenvalue weighted by molar-refractivity contribution is 0.284. The molecule has 0 amide bonds. The van der Waals surface area contributed by atoms with Gasteiger partial charge >= 0.3 is 5.69 Å². The van der Waals surface area contributed by atoms with Crippen LogP contribution in [0.25, 0.3) is 10.9 Å². The first kappa shape index (κ1) is 20.4. The minimum Gasteiger partial charge on any atom is -0.493 e. The largest absolute Gasteiger partial charge is 0.493 e. The van der Waals surface area contributed by atoms with E-state index in [2.05, 4.69) is 10.1 Å². The van der Waals surface area contributed by atoms with E-state index in [4.69, 9.17) is 21.1 Å². The highest BCUT2D eigenvalue weighted by Gasteiger charge is 2.12. The van der Waals surface area contributed by atoms with Gasteiger partial charge in [0.25, 0.3) is 5.56 Å². The summed E-state index contributed by atoms with van der Waals surface area (Å²) in [5, 5.41) is 4.72. The van der Waals surface area contributed by atoms with Crippen LogP contribution in [0.3, 0.4) is 0 Å². The molecule has 8 heteroatoms. The molecule has 0 radical (unpaired) electrons. The topological polar surface area (TPSA) is 85.7 Å². The van der Waals surface area contributed by atoms with E-state index in [9.17, 15) is 9.59 Å². The summed E-state index contributed by atoms with van der Waals surface area (Å²) < 4.78 is 12.0. The molecule has 4 aromatic rings. The fourth-order valence-electron chi connectivity index (χ4n) is 3.07. The van der Waals surface area contributed by atoms with Crippen LogP contribution in [0.2, 0.25) is 5.02 Å². The van der Waals surface area contributed by atoms with Gasteiger partial charge in [0.05, 0.1) is 29.2 Å². The van der Waals surface area contributed by atoms with Crippen LogP contribution in [-0.4, -0.2) is 23.0 Å². The molecule has 1 heterocycles. The minimum absolute atomic E-state index is 0.316. The molecule has 0 aliphatic heterocycles. The predicted octanol–water partition coefficient (Wildman–Crippen LogP) is 3.81. The van der Waals surface area contributed by atoms with Crippen molar-refractivity contribution in [1.29, 1.82) is 0 Å². The number of fused-ring (bicyclic) bond motifs is 1. The zero-order valence-electron chi connectivity index (χ0n) is 16.5. The Morgan fingerprint density at radius 3 is 2.58 bits per heavy atom. The van der Waals surface area contributed by atoms with E-state index < -0.39 is 11.2 Å². The van der Waals surface area contributed by atoms with Crippen LogP contribution in [-0.2, 0) is 6.61 Å². The molecule has 0 saturated heterocycles. The van der Waals surface area contributed by atoms with Gasteiger partial charge in [-0.25, -0.2) is 4.79 Å². The summed E-state index contributed by atoms with van der Waals surface area (Å²) in [7, 11) is 1.50. The van der Waals surface area contributed by atoms with Gasteiger partial charge in [-0.15, -0.1) is 4.68 Å². The number of hydrogen-bond donors (Lipinski definition) is 1. The average Bonchev–Trinajstić information content (AvgIpc) is 2.78. The number of nitrogens with zero attached hydrogens (tertiary/aromatic N) is 2. The number of benzene rings is 3. The van der Waals surface area contributed by atoms with E-state index in [1.807, 2.05) is 30.3 Å². The SMILES string of the molecule is COc1cc(C=Nn2c(=O)[nH]c3ccccc3c2=O)cc(Cl)c1OCc1ccccc1. The molecule has 0 atom stereocenters. The van der Waals surface area contributed by atoms with Crippen molar-refractivity contribution in [2.75, 3.05) is 7.11 Å². The Morgan fingerprint density at radius 1 is 1.06 bits per heavy atom. The molecular weight excluding hydrogens is 418 g/mol. The van der Waals surface area contributed by atoms with Crippen molar-refractivity contribution in [2.24, 2.45) is 5.10 Å². The highest BCUT2D eigenvalue weighted by molar-refractivity contribution is 6.32. The summed E-state index contributed by atoms with van der Waals surface area (Å²) >= 11 is 6.40. The molecule has 0 aliphatic rings. The number of aromatic amines is 1. The first-order valence-electron chi connectivity index (χ1n) is 9.39. The van der Waals surface area contributed by atoms with Gasteiger partial charge in [-0.05, 0) is 35.4 Å². The molecule has 1 N–H and O–H groups in total. The van der Waals surface area contributed by atoms with Gasteiger partial charge in [-0.1, -0.05) is 54.1 Å². The molecule has 0 unspecified atom stereocenters. The van der Waals surface area contributed by atoms with Gasteiger partial charge in [0.2, 0.25) is 0 Å². The van der Waals surface area contributed by atoms with Crippen LogP contribution < -0.4 is 20.7 Å². The third-order valence-electron chi connectivity index (χ3n) is 4.58. The van der Waals surface area contributed by atoms with Crippen molar-refractivity contribution in [3.8, 4) is 11.5 Å². The number of rotatable bonds is 6. The molecule has 0 aliphatic carbocycles. The fourth-order valence-corrected chi connectivity index (χ4v) is 3.34. The highest BCUT2D eigenvalue weighted by atomic mass is 35.5. The summed E-state index contributed by atoms with van der Waals surface area (Å²) in [4.78, 5) is 27.5. The maximum atomic E-state index is 12.6. The van der Waals surface area contributed by atoms with Gasteiger partial charge < -0.3 is 14.5 Å². The summed E-state index contributed by atoms with van der Waals surface area (Å²) in [6.07, 6.45) is 1.36. The molecule has 3 aromatic carbocycles. The second-order valence-electron chi connectivity index (χ2n) is 6.65. The average molecular weight is 436 g/mol. The molecule has 31 heavy (non-hydrogen) atoms. The third kappa shape index (κ3) is 4.36. The van der Waals surface area contributed by atoms with Crippen molar-refractivity contribution < 1.29 is 9.47 Å². The summed E-state index contributed by atoms with van der Waals surface area (Å²) in [5.74, 6) is 0.801. The van der Waals surface area contributed by atoms with E-state index in [0.717, 1.165) is 10.2 Å². The minimum atomic E-state index is -0.638. The number of aromatic nitrogens is 2. The smallest absolute Gasteiger partial charge is 0.349 e. The van der Waals surface area contributed by atoms with Crippen molar-refractivity contribution in [1.82, 2.24) is 9.66 Å². The highest BCUT2D eigenvalue weighted by Crippen LogP contribution is 2.36. The van der Waals surface area contributed by atoms with E-state index in [-0.39, 0.29) is 0 Å². The Balaban J connectivity index is 1.64. The summed E-state index contributed by atoms with van der Waals surface area (Å²) in [6.45, 7) is 0.326. The molecule has 1 aromatic heterocycles. The molecule has 4 rings (SSSR count). The number of para-hydroxylation sites is 1. The molecule has 0 bridgehead atoms. The van der Waals surface area contributed by atoms with Crippen LogP contribution in [0.15, 0.2) is 81.4 Å². The van der Waals surface area contributed by atoms with Crippen LogP contribution in [0.5, 0.6) is 11.5 Å². The molecule has 7 nitrogen and oxygen atoms in total. The van der Waals surface area contributed by atoms with Gasteiger partial charge in [0.1, 0.15) is 6.61 Å². The Bertz CT molecular complexity index is 1380. The standard InChI is InChI=1S/C23H18ClN3O4/c1-30-20-12-16(11-18(24)21(20)31-14-15-7-3-2-4-8-15)13-25-27-22(28)17-9-5-6-10-19(17)26-23(27)29/h2-13H,14H2,1H3,(H,26,29). The van der Waals surface area contributed by atoms with E-state index in [0.29, 0.717) is 39.6 Å². The Morgan fingerprint density at radius 2 is 1.81 bits per heavy atom. The van der Waals surface area contributed by atoms with Gasteiger partial charge in [0, 0.05) is 0 Å². The fraction of sp³-hybridized carbons (Fsp3) is 0.0870. The van der Waals surface area contributed by atoms with E-state index in [1.54, 1.807) is 36.4 Å². The van der Waals surface area contributed by atoms with E-state index >= 15 is 0 Å². The lowest BCUT2D eigenvalue weighted by atomic mass is 10.2. The van der Waals surface area contributed by atoms with Gasteiger partial charge in [-0.2, -0.15) is 5.10 Å². The van der Waals surface area contributed by atoms with E-state index in [1.165, 1.54) is 13.3 Å². The normalized spacial score (nSPS) is 11.2. The summed E-state index contributed by atoms with van der Waals surface area (Å²) in [6, 6.07) is 19.7. The lowest BCUT2D eigenvalue weighted by Crippen LogP contribution is -2.32. The van der Waals surface area contributed by atoms with Crippen molar-refractivity contribution in [3.63, 3.8) is 0 Å². The van der Waals surface area contributed by atoms with Crippen LogP contribution in [0.1, 0.15) is 11.1 Å². The number of hydrogen-bond acceptors (Lipinski definition) is 5. The third-order valence-corrected chi connectivity index (χ3v) is 4.86. The van der Waals surface area contributed by atoms with Crippen LogP contribution >= 0.6 is 11.6 Å². The number of nitrogens with one attached hydrogen (secondary N) is 1. The number of halogens is 1. The molecular formula is C23H18ClN3O4. The quantitative estimate of drug-likeness (QED) is 0.466. The lowest BCUT2D eigenvalue weighted by Gasteiger charge is -2.13. The van der Waals surface area contributed by atoms with Crippen LogP contribution in [0.4, 0.5) is 0 Å². The van der Waals surface area contributed by atoms with Gasteiger partial charge in [-0.3, -0.25) is 4.79 Å². The number of H-pyrrole nitrogens is 1. The zero-order valence-corrected chi connectivity index (χ0v) is 17.3. The van der Waals surface area contributed by atoms with Crippen molar-refractivity contribution in [2.45, 2.75) is 6.61 Å². The van der Waals surface area contributed by atoms with Crippen molar-refractivity contribution in [3.05, 3.63) is 104 Å². The molecule has 0 spiro atoms. The molecule has 156 valence electrons. The number of methoxy groups -OCH3 is 1. The predicted molar refractivity (Wildman–Crippen MR) is 121 cm³/mol. The zero-order chi connectivity index (χ0) is 21.8. The number of ether oxygens (including phenoxy) is 2. The summed E-state index contributed by atoms with van der Waals surface area (Å²) in [5.41, 5.74) is 0.820. The maximum Gasteiger partial charge on any atom is 0.349 e. The monoisotopic (exact) mass is 435 g/mol. The van der Waals surface area contributed by atoms with Crippen LogP contribution in [0, 0.1) is 0 Å². The molecule has 0 saturated carbocycles.